The van der Waals surface area contributed by atoms with Crippen LogP contribution >= 0.6 is 11.6 Å². The Kier molecular flexibility index (Phi) is 3.12. The molecule has 0 aromatic rings. The Labute approximate surface area is 70.9 Å². The average molecular weight is 200 g/mol. The topological polar surface area (TPSA) is 55.4 Å². The first-order valence-electron chi connectivity index (χ1n) is 3.28. The van der Waals surface area contributed by atoms with Gasteiger partial charge in [-0.1, -0.05) is 0 Å². The van der Waals surface area contributed by atoms with Gasteiger partial charge in [0.05, 0.1) is 25.0 Å². The lowest BCUT2D eigenvalue weighted by Gasteiger charge is -2.26. The molecule has 66 valence electrons. The van der Waals surface area contributed by atoms with Gasteiger partial charge in [0.2, 0.25) is 10.0 Å². The molecule has 0 saturated carbocycles. The van der Waals surface area contributed by atoms with Crippen molar-refractivity contribution < 1.29 is 13.2 Å². The zero-order valence-electron chi connectivity index (χ0n) is 5.92. The standard InChI is InChI=1S/C5H10ClNO3S/c6-1-2-11(8,9)7-5-3-10-4-5/h5,7H,1-4H2. The van der Waals surface area contributed by atoms with E-state index in [1.807, 2.05) is 0 Å². The van der Waals surface area contributed by atoms with Crippen molar-refractivity contribution in [3.05, 3.63) is 0 Å². The molecule has 1 heterocycles. The Balaban J connectivity index is 2.33. The molecular weight excluding hydrogens is 190 g/mol. The number of rotatable bonds is 4. The van der Waals surface area contributed by atoms with Gasteiger partial charge in [-0.25, -0.2) is 13.1 Å². The summed E-state index contributed by atoms with van der Waals surface area (Å²) in [6, 6.07) is -0.0387. The molecule has 0 aromatic heterocycles. The van der Waals surface area contributed by atoms with Gasteiger partial charge in [0, 0.05) is 5.88 Å². The van der Waals surface area contributed by atoms with Gasteiger partial charge in [0.1, 0.15) is 0 Å². The largest absolute Gasteiger partial charge is 0.378 e. The molecule has 4 nitrogen and oxygen atoms in total. The monoisotopic (exact) mass is 199 g/mol. The highest BCUT2D eigenvalue weighted by atomic mass is 35.5. The molecule has 1 aliphatic rings. The number of hydrogen-bond donors (Lipinski definition) is 1. The summed E-state index contributed by atoms with van der Waals surface area (Å²) in [5, 5.41) is 0. The zero-order chi connectivity index (χ0) is 8.32. The number of hydrogen-bond acceptors (Lipinski definition) is 3. The van der Waals surface area contributed by atoms with E-state index in [-0.39, 0.29) is 17.7 Å². The molecule has 0 aliphatic carbocycles. The van der Waals surface area contributed by atoms with Gasteiger partial charge in [-0.05, 0) is 0 Å². The van der Waals surface area contributed by atoms with E-state index >= 15 is 0 Å². The van der Waals surface area contributed by atoms with Crippen molar-refractivity contribution in [2.75, 3.05) is 24.8 Å². The van der Waals surface area contributed by atoms with Gasteiger partial charge >= 0.3 is 0 Å². The van der Waals surface area contributed by atoms with E-state index in [1.54, 1.807) is 0 Å². The van der Waals surface area contributed by atoms with Crippen LogP contribution in [-0.4, -0.2) is 39.3 Å². The molecule has 0 radical (unpaired) electrons. The first-order valence-corrected chi connectivity index (χ1v) is 5.46. The number of halogens is 1. The maximum absolute atomic E-state index is 11.0. The SMILES string of the molecule is O=S(=O)(CCCl)NC1COC1. The van der Waals surface area contributed by atoms with Crippen LogP contribution in [0.3, 0.4) is 0 Å². The molecule has 0 atom stereocenters. The molecule has 1 rings (SSSR count). The number of ether oxygens (including phenoxy) is 1. The van der Waals surface area contributed by atoms with Crippen LogP contribution in [-0.2, 0) is 14.8 Å². The van der Waals surface area contributed by atoms with E-state index < -0.39 is 10.0 Å². The molecule has 0 unspecified atom stereocenters. The second-order valence-electron chi connectivity index (χ2n) is 2.36. The summed E-state index contributed by atoms with van der Waals surface area (Å²) in [4.78, 5) is 0. The predicted molar refractivity (Wildman–Crippen MR) is 42.2 cm³/mol. The van der Waals surface area contributed by atoms with Crippen molar-refractivity contribution in [1.82, 2.24) is 4.72 Å². The van der Waals surface area contributed by atoms with E-state index in [0.29, 0.717) is 13.2 Å². The highest BCUT2D eigenvalue weighted by molar-refractivity contribution is 7.89. The molecule has 1 N–H and O–H groups in total. The Hall–Kier alpha value is 0.160. The fraction of sp³-hybridized carbons (Fsp3) is 1.00. The zero-order valence-corrected chi connectivity index (χ0v) is 7.49. The third-order valence-electron chi connectivity index (χ3n) is 1.33. The molecule has 0 amide bonds. The minimum Gasteiger partial charge on any atom is -0.378 e. The first kappa shape index (κ1) is 9.25. The second kappa shape index (κ2) is 3.71. The van der Waals surface area contributed by atoms with E-state index in [1.165, 1.54) is 0 Å². The van der Waals surface area contributed by atoms with Crippen LogP contribution in [0, 0.1) is 0 Å². The van der Waals surface area contributed by atoms with Crippen molar-refractivity contribution in [3.8, 4) is 0 Å². The maximum atomic E-state index is 11.0. The molecule has 0 aromatic carbocycles. The van der Waals surface area contributed by atoms with E-state index in [0.717, 1.165) is 0 Å². The normalized spacial score (nSPS) is 19.7. The molecule has 6 heteroatoms. The summed E-state index contributed by atoms with van der Waals surface area (Å²) in [7, 11) is -3.15. The fourth-order valence-corrected chi connectivity index (χ4v) is 2.29. The fourth-order valence-electron chi connectivity index (χ4n) is 0.718. The number of nitrogens with one attached hydrogen (secondary N) is 1. The molecule has 11 heavy (non-hydrogen) atoms. The van der Waals surface area contributed by atoms with Crippen molar-refractivity contribution in [3.63, 3.8) is 0 Å². The number of alkyl halides is 1. The Morgan fingerprint density at radius 1 is 1.55 bits per heavy atom. The summed E-state index contributed by atoms with van der Waals surface area (Å²) < 4.78 is 29.2. The smallest absolute Gasteiger partial charge is 0.213 e. The van der Waals surface area contributed by atoms with Crippen LogP contribution < -0.4 is 4.72 Å². The van der Waals surface area contributed by atoms with E-state index in [4.69, 9.17) is 16.3 Å². The quantitative estimate of drug-likeness (QED) is 0.624. The minimum atomic E-state index is -3.15. The lowest BCUT2D eigenvalue weighted by atomic mass is 10.3. The lowest BCUT2D eigenvalue weighted by Crippen LogP contribution is -2.49. The molecule has 1 aliphatic heterocycles. The van der Waals surface area contributed by atoms with Gasteiger partial charge in [-0.2, -0.15) is 0 Å². The summed E-state index contributed by atoms with van der Waals surface area (Å²) in [6.07, 6.45) is 0. The molecule has 0 spiro atoms. The Morgan fingerprint density at radius 2 is 2.18 bits per heavy atom. The van der Waals surface area contributed by atoms with Gasteiger partial charge in [0.25, 0.3) is 0 Å². The second-order valence-corrected chi connectivity index (χ2v) is 4.61. The summed E-state index contributed by atoms with van der Waals surface area (Å²) in [5.41, 5.74) is 0. The van der Waals surface area contributed by atoms with Crippen LogP contribution in [0.4, 0.5) is 0 Å². The first-order chi connectivity index (χ1) is 5.14. The summed E-state index contributed by atoms with van der Waals surface area (Å²) in [6.45, 7) is 0.947. The van der Waals surface area contributed by atoms with Crippen LogP contribution in [0.1, 0.15) is 0 Å². The van der Waals surface area contributed by atoms with Crippen LogP contribution in [0.5, 0.6) is 0 Å². The molecular formula is C5H10ClNO3S. The Bertz CT molecular complexity index is 212. The minimum absolute atomic E-state index is 0.0228. The Morgan fingerprint density at radius 3 is 2.55 bits per heavy atom. The average Bonchev–Trinajstić information content (AvgIpc) is 1.79. The summed E-state index contributed by atoms with van der Waals surface area (Å²) in [5.74, 6) is 0.105. The highest BCUT2D eigenvalue weighted by Gasteiger charge is 2.23. The lowest BCUT2D eigenvalue weighted by molar-refractivity contribution is 0.00484. The van der Waals surface area contributed by atoms with Gasteiger partial charge < -0.3 is 4.74 Å². The van der Waals surface area contributed by atoms with Crippen molar-refractivity contribution in [1.29, 1.82) is 0 Å². The molecule has 0 bridgehead atoms. The third kappa shape index (κ3) is 2.94. The van der Waals surface area contributed by atoms with Gasteiger partial charge in [-0.15, -0.1) is 11.6 Å². The van der Waals surface area contributed by atoms with E-state index in [2.05, 4.69) is 4.72 Å². The van der Waals surface area contributed by atoms with Crippen LogP contribution in [0.25, 0.3) is 0 Å². The van der Waals surface area contributed by atoms with Crippen LogP contribution in [0.2, 0.25) is 0 Å². The maximum Gasteiger partial charge on any atom is 0.213 e. The van der Waals surface area contributed by atoms with Crippen molar-refractivity contribution in [2.45, 2.75) is 6.04 Å². The van der Waals surface area contributed by atoms with E-state index in [9.17, 15) is 8.42 Å². The highest BCUT2D eigenvalue weighted by Crippen LogP contribution is 2.01. The van der Waals surface area contributed by atoms with Gasteiger partial charge in [-0.3, -0.25) is 0 Å². The molecule has 1 saturated heterocycles. The predicted octanol–water partition coefficient (Wildman–Crippen LogP) is -0.457. The van der Waals surface area contributed by atoms with Gasteiger partial charge in [0.15, 0.2) is 0 Å². The third-order valence-corrected chi connectivity index (χ3v) is 3.18. The summed E-state index contributed by atoms with van der Waals surface area (Å²) >= 11 is 5.28. The molecule has 1 fully saturated rings. The number of sulfonamides is 1. The van der Waals surface area contributed by atoms with Crippen molar-refractivity contribution >= 4 is 21.6 Å². The van der Waals surface area contributed by atoms with Crippen molar-refractivity contribution in [2.24, 2.45) is 0 Å². The van der Waals surface area contributed by atoms with Crippen LogP contribution in [0.15, 0.2) is 0 Å².